The number of halogens is 1. The topological polar surface area (TPSA) is 9.23 Å². The normalized spacial score (nSPS) is 47.0. The van der Waals surface area contributed by atoms with Crippen molar-refractivity contribution in [2.24, 2.45) is 11.8 Å². The van der Waals surface area contributed by atoms with Crippen LogP contribution in [0.25, 0.3) is 0 Å². The van der Waals surface area contributed by atoms with Gasteiger partial charge in [-0.25, -0.2) is 0 Å². The average Bonchev–Trinajstić information content (AvgIpc) is 2.26. The number of hydrogen-bond acceptors (Lipinski definition) is 1. The molecule has 0 N–H and O–H groups in total. The lowest BCUT2D eigenvalue weighted by Gasteiger charge is -2.50. The maximum absolute atomic E-state index is 6.44. The lowest BCUT2D eigenvalue weighted by Crippen LogP contribution is -2.50. The number of hydrogen-bond donors (Lipinski definition) is 0. The zero-order valence-corrected chi connectivity index (χ0v) is 12.1. The molecule has 0 radical (unpaired) electrons. The summed E-state index contributed by atoms with van der Waals surface area (Å²) >= 11 is 2.47. The van der Waals surface area contributed by atoms with E-state index in [0.717, 1.165) is 11.8 Å². The Labute approximate surface area is 107 Å². The smallest absolute Gasteiger partial charge is 0.0714 e. The summed E-state index contributed by atoms with van der Waals surface area (Å²) in [5.41, 5.74) is 0.256. The predicted octanol–water partition coefficient (Wildman–Crippen LogP) is 4.19. The lowest BCUT2D eigenvalue weighted by molar-refractivity contribution is -0.173. The van der Waals surface area contributed by atoms with Crippen LogP contribution in [-0.4, -0.2) is 16.1 Å². The second-order valence-electron chi connectivity index (χ2n) is 5.51. The number of alkyl halides is 1. The maximum atomic E-state index is 6.44. The van der Waals surface area contributed by atoms with Gasteiger partial charge in [0, 0.05) is 4.43 Å². The third-order valence-corrected chi connectivity index (χ3v) is 5.62. The van der Waals surface area contributed by atoms with Crippen molar-refractivity contribution in [3.63, 3.8) is 0 Å². The van der Waals surface area contributed by atoms with Crippen LogP contribution in [0.15, 0.2) is 0 Å². The Morgan fingerprint density at radius 3 is 2.53 bits per heavy atom. The third-order valence-electron chi connectivity index (χ3n) is 4.64. The van der Waals surface area contributed by atoms with Gasteiger partial charge in [-0.2, -0.15) is 0 Å². The fourth-order valence-corrected chi connectivity index (χ4v) is 4.05. The molecular weight excluding hydrogens is 299 g/mol. The zero-order chi connectivity index (χ0) is 10.9. The molecule has 88 valence electrons. The highest BCUT2D eigenvalue weighted by Crippen LogP contribution is 2.46. The second kappa shape index (κ2) is 4.91. The van der Waals surface area contributed by atoms with E-state index in [4.69, 9.17) is 4.74 Å². The van der Waals surface area contributed by atoms with Gasteiger partial charge in [0.1, 0.15) is 0 Å². The van der Waals surface area contributed by atoms with Gasteiger partial charge in [0.05, 0.1) is 11.7 Å². The van der Waals surface area contributed by atoms with Crippen LogP contribution in [0.1, 0.15) is 52.4 Å². The SMILES string of the molecule is CC1CCCC2(CCCC(CI)O2)C1C. The Bertz CT molecular complexity index is 215. The summed E-state index contributed by atoms with van der Waals surface area (Å²) in [6.07, 6.45) is 8.60. The maximum Gasteiger partial charge on any atom is 0.0714 e. The Morgan fingerprint density at radius 1 is 1.20 bits per heavy atom. The molecule has 2 aliphatic rings. The number of ether oxygens (including phenoxy) is 1. The van der Waals surface area contributed by atoms with E-state index in [1.54, 1.807) is 0 Å². The Kier molecular flexibility index (Phi) is 3.98. The van der Waals surface area contributed by atoms with E-state index in [-0.39, 0.29) is 5.60 Å². The summed E-state index contributed by atoms with van der Waals surface area (Å²) < 4.78 is 7.61. The Morgan fingerprint density at radius 2 is 1.87 bits per heavy atom. The van der Waals surface area contributed by atoms with E-state index in [1.165, 1.54) is 43.0 Å². The van der Waals surface area contributed by atoms with Crippen molar-refractivity contribution < 1.29 is 4.74 Å². The van der Waals surface area contributed by atoms with Crippen LogP contribution < -0.4 is 0 Å². The van der Waals surface area contributed by atoms with Crippen LogP contribution in [0.5, 0.6) is 0 Å². The molecule has 1 aliphatic carbocycles. The fraction of sp³-hybridized carbons (Fsp3) is 1.00. The summed E-state index contributed by atoms with van der Waals surface area (Å²) in [6, 6.07) is 0. The molecule has 0 aromatic carbocycles. The molecule has 4 atom stereocenters. The molecule has 0 amide bonds. The van der Waals surface area contributed by atoms with E-state index in [9.17, 15) is 0 Å². The van der Waals surface area contributed by atoms with Crippen molar-refractivity contribution in [2.45, 2.75) is 64.1 Å². The molecule has 1 saturated carbocycles. The summed E-state index contributed by atoms with van der Waals surface area (Å²) in [5.74, 6) is 1.61. The van der Waals surface area contributed by atoms with E-state index in [1.807, 2.05) is 0 Å². The summed E-state index contributed by atoms with van der Waals surface area (Å²) in [5, 5.41) is 0. The predicted molar refractivity (Wildman–Crippen MR) is 72.5 cm³/mol. The minimum atomic E-state index is 0.256. The monoisotopic (exact) mass is 322 g/mol. The molecule has 0 aromatic rings. The van der Waals surface area contributed by atoms with Crippen LogP contribution in [0.4, 0.5) is 0 Å². The first kappa shape index (κ1) is 12.2. The minimum absolute atomic E-state index is 0.256. The van der Waals surface area contributed by atoms with Gasteiger partial charge in [0.2, 0.25) is 0 Å². The van der Waals surface area contributed by atoms with E-state index < -0.39 is 0 Å². The van der Waals surface area contributed by atoms with Crippen molar-refractivity contribution in [1.82, 2.24) is 0 Å². The molecule has 1 nitrogen and oxygen atoms in total. The molecule has 2 rings (SSSR count). The quantitative estimate of drug-likeness (QED) is 0.520. The second-order valence-corrected chi connectivity index (χ2v) is 6.39. The molecule has 1 aliphatic heterocycles. The molecule has 15 heavy (non-hydrogen) atoms. The molecule has 1 saturated heterocycles. The first-order valence-electron chi connectivity index (χ1n) is 6.42. The number of rotatable bonds is 1. The van der Waals surface area contributed by atoms with Crippen molar-refractivity contribution in [1.29, 1.82) is 0 Å². The van der Waals surface area contributed by atoms with Crippen LogP contribution >= 0.6 is 22.6 Å². The minimum Gasteiger partial charge on any atom is -0.371 e. The van der Waals surface area contributed by atoms with E-state index in [0.29, 0.717) is 6.10 Å². The van der Waals surface area contributed by atoms with Crippen LogP contribution in [0.2, 0.25) is 0 Å². The average molecular weight is 322 g/mol. The lowest BCUT2D eigenvalue weighted by atomic mass is 9.67. The molecule has 1 spiro atoms. The summed E-state index contributed by atoms with van der Waals surface area (Å²) in [4.78, 5) is 0. The summed E-state index contributed by atoms with van der Waals surface area (Å²) in [6.45, 7) is 4.82. The first-order chi connectivity index (χ1) is 7.18. The third kappa shape index (κ3) is 2.36. The van der Waals surface area contributed by atoms with E-state index >= 15 is 0 Å². The molecular formula is C13H23IO. The van der Waals surface area contributed by atoms with E-state index in [2.05, 4.69) is 36.4 Å². The van der Waals surface area contributed by atoms with Gasteiger partial charge in [0.15, 0.2) is 0 Å². The Balaban J connectivity index is 2.09. The van der Waals surface area contributed by atoms with Gasteiger partial charge in [-0.05, 0) is 37.5 Å². The van der Waals surface area contributed by atoms with Crippen LogP contribution in [-0.2, 0) is 4.74 Å². The van der Waals surface area contributed by atoms with Gasteiger partial charge < -0.3 is 4.74 Å². The highest BCUT2D eigenvalue weighted by atomic mass is 127. The van der Waals surface area contributed by atoms with Crippen LogP contribution in [0, 0.1) is 11.8 Å². The Hall–Kier alpha value is 0.690. The molecule has 4 unspecified atom stereocenters. The highest BCUT2D eigenvalue weighted by Gasteiger charge is 2.45. The van der Waals surface area contributed by atoms with Gasteiger partial charge in [-0.3, -0.25) is 0 Å². The molecule has 2 fully saturated rings. The van der Waals surface area contributed by atoms with Gasteiger partial charge in [-0.1, -0.05) is 49.3 Å². The van der Waals surface area contributed by atoms with Gasteiger partial charge in [0.25, 0.3) is 0 Å². The highest BCUT2D eigenvalue weighted by molar-refractivity contribution is 14.1. The van der Waals surface area contributed by atoms with Crippen molar-refractivity contribution in [3.05, 3.63) is 0 Å². The van der Waals surface area contributed by atoms with Crippen LogP contribution in [0.3, 0.4) is 0 Å². The fourth-order valence-electron chi connectivity index (χ4n) is 3.43. The molecule has 0 bridgehead atoms. The van der Waals surface area contributed by atoms with Crippen molar-refractivity contribution in [2.75, 3.05) is 4.43 Å². The zero-order valence-electron chi connectivity index (χ0n) is 9.97. The summed E-state index contributed by atoms with van der Waals surface area (Å²) in [7, 11) is 0. The van der Waals surface area contributed by atoms with Crippen molar-refractivity contribution in [3.8, 4) is 0 Å². The first-order valence-corrected chi connectivity index (χ1v) is 7.94. The van der Waals surface area contributed by atoms with Crippen molar-refractivity contribution >= 4 is 22.6 Å². The van der Waals surface area contributed by atoms with Gasteiger partial charge >= 0.3 is 0 Å². The molecule has 2 heteroatoms. The molecule has 1 heterocycles. The van der Waals surface area contributed by atoms with Gasteiger partial charge in [-0.15, -0.1) is 0 Å². The molecule has 0 aromatic heterocycles. The largest absolute Gasteiger partial charge is 0.371 e. The standard InChI is InChI=1S/C13H23IO/c1-10-5-3-7-13(11(10)2)8-4-6-12(9-14)15-13/h10-12H,3-9H2,1-2H3.